The predicted molar refractivity (Wildman–Crippen MR) is 99.9 cm³/mol. The molecule has 0 spiro atoms. The molecule has 0 unspecified atom stereocenters. The Bertz CT molecular complexity index is 744. The molecule has 0 aliphatic heterocycles. The first-order chi connectivity index (χ1) is 11.9. The van der Waals surface area contributed by atoms with E-state index in [9.17, 15) is 5.11 Å². The van der Waals surface area contributed by atoms with Gasteiger partial charge in [0.25, 0.3) is 0 Å². The van der Waals surface area contributed by atoms with E-state index in [1.165, 1.54) is 18.3 Å². The summed E-state index contributed by atoms with van der Waals surface area (Å²) in [5.74, 6) is 1.20. The summed E-state index contributed by atoms with van der Waals surface area (Å²) in [6.07, 6.45) is 4.35. The van der Waals surface area contributed by atoms with Crippen molar-refractivity contribution in [2.75, 3.05) is 11.1 Å². The van der Waals surface area contributed by atoms with Crippen molar-refractivity contribution >= 4 is 46.6 Å². The Balaban J connectivity index is 1.84. The van der Waals surface area contributed by atoms with Gasteiger partial charge in [-0.25, -0.2) is 4.98 Å². The topological polar surface area (TPSA) is 93.3 Å². The van der Waals surface area contributed by atoms with Gasteiger partial charge in [0.2, 0.25) is 5.95 Å². The lowest BCUT2D eigenvalue weighted by Crippen LogP contribution is -2.28. The summed E-state index contributed by atoms with van der Waals surface area (Å²) in [6, 6.07) is 3.24. The molecule has 134 valence electrons. The fourth-order valence-corrected chi connectivity index (χ4v) is 3.61. The zero-order valence-electron chi connectivity index (χ0n) is 13.2. The Kier molecular flexibility index (Phi) is 5.74. The largest absolute Gasteiger partial charge is 0.449 e. The Morgan fingerprint density at radius 3 is 2.40 bits per heavy atom. The molecule has 1 aliphatic rings. The Morgan fingerprint density at radius 2 is 1.76 bits per heavy atom. The van der Waals surface area contributed by atoms with E-state index in [-0.39, 0.29) is 33.9 Å². The van der Waals surface area contributed by atoms with Gasteiger partial charge in [-0.15, -0.1) is 0 Å². The van der Waals surface area contributed by atoms with Gasteiger partial charge < -0.3 is 20.9 Å². The van der Waals surface area contributed by atoms with Crippen LogP contribution in [0, 0.1) is 0 Å². The van der Waals surface area contributed by atoms with E-state index in [2.05, 4.69) is 15.3 Å². The van der Waals surface area contributed by atoms with E-state index in [4.69, 9.17) is 45.3 Å². The number of ether oxygens (including phenoxy) is 1. The third-order valence-electron chi connectivity index (χ3n) is 3.99. The van der Waals surface area contributed by atoms with Crippen LogP contribution in [-0.4, -0.2) is 27.2 Å². The molecule has 25 heavy (non-hydrogen) atoms. The first kappa shape index (κ1) is 18.3. The average Bonchev–Trinajstić information content (AvgIpc) is 2.54. The number of nitrogen functional groups attached to an aromatic ring is 1. The van der Waals surface area contributed by atoms with Gasteiger partial charge in [-0.3, -0.25) is 0 Å². The molecule has 2 aromatic rings. The third kappa shape index (κ3) is 4.58. The number of hydrogen-bond donors (Lipinski definition) is 3. The van der Waals surface area contributed by atoms with Crippen molar-refractivity contribution in [3.8, 4) is 11.5 Å². The molecule has 1 fully saturated rings. The van der Waals surface area contributed by atoms with E-state index in [0.717, 1.165) is 25.7 Å². The van der Waals surface area contributed by atoms with Crippen LogP contribution in [0.5, 0.6) is 11.5 Å². The summed E-state index contributed by atoms with van der Waals surface area (Å²) < 4.78 is 5.83. The van der Waals surface area contributed by atoms with Crippen LogP contribution >= 0.6 is 34.8 Å². The molecule has 1 aromatic heterocycles. The van der Waals surface area contributed by atoms with E-state index >= 15 is 0 Å². The van der Waals surface area contributed by atoms with E-state index < -0.39 is 0 Å². The quantitative estimate of drug-likeness (QED) is 0.694. The molecule has 9 heteroatoms. The monoisotopic (exact) mass is 402 g/mol. The lowest BCUT2D eigenvalue weighted by molar-refractivity contribution is 0.126. The van der Waals surface area contributed by atoms with Crippen molar-refractivity contribution < 1.29 is 9.84 Å². The number of nitrogens with two attached hydrogens (primary N) is 1. The number of halogens is 3. The van der Waals surface area contributed by atoms with Gasteiger partial charge >= 0.3 is 0 Å². The molecule has 1 aliphatic carbocycles. The molecule has 0 saturated heterocycles. The van der Waals surface area contributed by atoms with Gasteiger partial charge in [0.1, 0.15) is 0 Å². The molecule has 0 atom stereocenters. The minimum atomic E-state index is -0.240. The van der Waals surface area contributed by atoms with Crippen molar-refractivity contribution in [1.29, 1.82) is 0 Å². The molecule has 1 saturated carbocycles. The smallest absolute Gasteiger partial charge is 0.222 e. The maximum atomic E-state index is 9.63. The van der Waals surface area contributed by atoms with Gasteiger partial charge in [-0.05, 0) is 37.8 Å². The van der Waals surface area contributed by atoms with Crippen molar-refractivity contribution in [2.24, 2.45) is 0 Å². The molecule has 0 radical (unpaired) electrons. The number of aliphatic hydroxyl groups excluding tert-OH is 1. The van der Waals surface area contributed by atoms with Gasteiger partial charge in [-0.1, -0.05) is 34.8 Å². The van der Waals surface area contributed by atoms with E-state index in [1.807, 2.05) is 0 Å². The normalized spacial score (nSPS) is 20.3. The minimum Gasteiger partial charge on any atom is -0.449 e. The summed E-state index contributed by atoms with van der Waals surface area (Å²) in [5, 5.41) is 13.9. The summed E-state index contributed by atoms with van der Waals surface area (Å²) >= 11 is 18.3. The van der Waals surface area contributed by atoms with Crippen LogP contribution < -0.4 is 15.8 Å². The molecule has 0 bridgehead atoms. The fourth-order valence-electron chi connectivity index (χ4n) is 2.71. The SMILES string of the molecule is Nc1ncc(Oc2c(Cl)cc(Cl)cc2Cl)c(N[C@H]2CC[C@H](O)CC2)n1. The van der Waals surface area contributed by atoms with Crippen LogP contribution in [-0.2, 0) is 0 Å². The number of aliphatic hydroxyl groups is 1. The van der Waals surface area contributed by atoms with Crippen molar-refractivity contribution in [1.82, 2.24) is 9.97 Å². The van der Waals surface area contributed by atoms with Gasteiger partial charge in [-0.2, -0.15) is 4.98 Å². The highest BCUT2D eigenvalue weighted by Gasteiger charge is 2.22. The molecular formula is C16H17Cl3N4O2. The standard InChI is InChI=1S/C16H17Cl3N4O2/c17-8-5-11(18)14(12(19)6-8)25-13-7-21-16(20)23-15(13)22-9-1-3-10(24)4-2-9/h5-7,9-10,24H,1-4H2,(H3,20,21,22,23)/t9-,10-. The van der Waals surface area contributed by atoms with E-state index in [0.29, 0.717) is 16.6 Å². The highest BCUT2D eigenvalue weighted by atomic mass is 35.5. The van der Waals surface area contributed by atoms with Crippen molar-refractivity contribution in [3.05, 3.63) is 33.4 Å². The number of hydrogen-bond acceptors (Lipinski definition) is 6. The maximum Gasteiger partial charge on any atom is 0.222 e. The zero-order valence-corrected chi connectivity index (χ0v) is 15.4. The molecule has 1 heterocycles. The predicted octanol–water partition coefficient (Wildman–Crippen LogP) is 4.53. The number of nitrogens with zero attached hydrogens (tertiary/aromatic N) is 2. The van der Waals surface area contributed by atoms with Crippen LogP contribution in [0.4, 0.5) is 11.8 Å². The number of benzene rings is 1. The summed E-state index contributed by atoms with van der Waals surface area (Å²) in [4.78, 5) is 8.18. The lowest BCUT2D eigenvalue weighted by Gasteiger charge is -2.27. The van der Waals surface area contributed by atoms with Gasteiger partial charge in [0.15, 0.2) is 17.3 Å². The Morgan fingerprint density at radius 1 is 1.12 bits per heavy atom. The number of aromatic nitrogens is 2. The van der Waals surface area contributed by atoms with Crippen LogP contribution in [0.1, 0.15) is 25.7 Å². The average molecular weight is 404 g/mol. The number of anilines is 2. The maximum absolute atomic E-state index is 9.63. The summed E-state index contributed by atoms with van der Waals surface area (Å²) in [6.45, 7) is 0. The van der Waals surface area contributed by atoms with E-state index in [1.54, 1.807) is 0 Å². The second-order valence-electron chi connectivity index (χ2n) is 5.89. The van der Waals surface area contributed by atoms with Crippen LogP contribution in [0.15, 0.2) is 18.3 Å². The Hall–Kier alpha value is -1.47. The van der Waals surface area contributed by atoms with Crippen LogP contribution in [0.3, 0.4) is 0 Å². The van der Waals surface area contributed by atoms with Crippen molar-refractivity contribution in [3.63, 3.8) is 0 Å². The first-order valence-corrected chi connectivity index (χ1v) is 8.95. The number of rotatable bonds is 4. The first-order valence-electron chi connectivity index (χ1n) is 7.82. The highest BCUT2D eigenvalue weighted by Crippen LogP contribution is 2.40. The minimum absolute atomic E-state index is 0.124. The van der Waals surface area contributed by atoms with Crippen molar-refractivity contribution in [2.45, 2.75) is 37.8 Å². The molecule has 0 amide bonds. The second kappa shape index (κ2) is 7.83. The number of nitrogens with one attached hydrogen (secondary N) is 1. The molecule has 6 nitrogen and oxygen atoms in total. The Labute approximate surface area is 160 Å². The van der Waals surface area contributed by atoms with Gasteiger partial charge in [0, 0.05) is 11.1 Å². The van der Waals surface area contributed by atoms with Crippen LogP contribution in [0.2, 0.25) is 15.1 Å². The summed E-state index contributed by atoms with van der Waals surface area (Å²) in [7, 11) is 0. The molecular weight excluding hydrogens is 387 g/mol. The van der Waals surface area contributed by atoms with Gasteiger partial charge in [0.05, 0.1) is 22.3 Å². The molecule has 4 N–H and O–H groups in total. The highest BCUT2D eigenvalue weighted by molar-refractivity contribution is 6.40. The second-order valence-corrected chi connectivity index (χ2v) is 7.14. The third-order valence-corrected chi connectivity index (χ3v) is 4.77. The summed E-state index contributed by atoms with van der Waals surface area (Å²) in [5.41, 5.74) is 5.70. The zero-order chi connectivity index (χ0) is 18.0. The lowest BCUT2D eigenvalue weighted by atomic mass is 9.93. The molecule has 1 aromatic carbocycles. The molecule has 3 rings (SSSR count). The van der Waals surface area contributed by atoms with Crippen LogP contribution in [0.25, 0.3) is 0 Å². The fraction of sp³-hybridized carbons (Fsp3) is 0.375.